The first-order valence-electron chi connectivity index (χ1n) is 18.8. The molecule has 0 aliphatic heterocycles. The van der Waals surface area contributed by atoms with Crippen molar-refractivity contribution in [3.8, 4) is 17.2 Å². The zero-order valence-electron chi connectivity index (χ0n) is 32.5. The summed E-state index contributed by atoms with van der Waals surface area (Å²) in [7, 11) is -0.722. The van der Waals surface area contributed by atoms with Crippen LogP contribution < -0.4 is 14.2 Å². The fraction of sp³-hybridized carbons (Fsp3) is 0.0816. The largest absolute Gasteiger partial charge is 0.426 e. The number of esters is 3. The van der Waals surface area contributed by atoms with Crippen molar-refractivity contribution in [3.63, 3.8) is 0 Å². The first-order chi connectivity index (χ1) is 29.6. The van der Waals surface area contributed by atoms with Crippen molar-refractivity contribution in [2.45, 2.75) is 46.0 Å². The second-order valence-corrected chi connectivity index (χ2v) is 20.1. The Morgan fingerprint density at radius 2 is 0.902 bits per heavy atom. The third-order valence-corrected chi connectivity index (χ3v) is 15.6. The summed E-state index contributed by atoms with van der Waals surface area (Å²) in [5.41, 5.74) is 0.365. The molecule has 0 radical (unpaired) electrons. The molecule has 0 saturated carbocycles. The van der Waals surface area contributed by atoms with Gasteiger partial charge in [0.15, 0.2) is 40.9 Å². The van der Waals surface area contributed by atoms with Crippen molar-refractivity contribution >= 4 is 87.5 Å². The van der Waals surface area contributed by atoms with Crippen molar-refractivity contribution in [1.29, 1.82) is 0 Å². The SMILES string of the molecule is CC(Br)C(=O)Oc1ccc(C(=O)Oc2ccc([S+](c3ccccc3)c3ccccc3)cc2)cc1.O=C(Oc1ccc([S+](c2ccccc2)c2ccccc2)cc1F)C(Br)CBr. The molecule has 0 aliphatic carbocycles. The highest BCUT2D eigenvalue weighted by molar-refractivity contribution is 9.12. The quantitative estimate of drug-likeness (QED) is 0.0495. The Kier molecular flexibility index (Phi) is 17.0. The predicted molar refractivity (Wildman–Crippen MR) is 251 cm³/mol. The van der Waals surface area contributed by atoms with Crippen molar-refractivity contribution in [2.75, 3.05) is 5.33 Å². The number of carbonyl (C=O) groups is 3. The van der Waals surface area contributed by atoms with Crippen molar-refractivity contribution < 1.29 is 33.0 Å². The zero-order chi connectivity index (χ0) is 43.1. The molecule has 12 heteroatoms. The standard InChI is InChI=1S/C28H22BrO4S.C21H16Br2FO2S/c1-20(29)27(30)32-22-14-12-21(13-15-22)28(31)33-23-16-18-26(19-17-23)34(24-8-4-2-5-9-24)25-10-6-3-7-11-25;22-14-18(23)21(25)26-20-12-11-17(13-19(20)24)27(15-7-3-1-4-8-15)16-9-5-2-6-10-16/h2-20H,1H3;1-13,18H,14H2/q2*+1. The summed E-state index contributed by atoms with van der Waals surface area (Å²) in [5, 5.41) is 0.386. The van der Waals surface area contributed by atoms with Crippen molar-refractivity contribution in [1.82, 2.24) is 0 Å². The van der Waals surface area contributed by atoms with Crippen LogP contribution in [0.5, 0.6) is 17.2 Å². The normalized spacial score (nSPS) is 11.8. The van der Waals surface area contributed by atoms with Gasteiger partial charge < -0.3 is 14.2 Å². The molecular formula is C49H38Br3FO6S2+2. The van der Waals surface area contributed by atoms with Crippen LogP contribution >= 0.6 is 47.8 Å². The molecule has 0 fully saturated rings. The van der Waals surface area contributed by atoms with Gasteiger partial charge in [0.1, 0.15) is 21.2 Å². The average molecular weight is 1050 g/mol. The first-order valence-corrected chi connectivity index (χ1v) is 24.2. The molecular weight excluding hydrogens is 1010 g/mol. The van der Waals surface area contributed by atoms with Crippen LogP contribution in [0, 0.1) is 5.82 Å². The molecule has 7 aromatic rings. The van der Waals surface area contributed by atoms with Crippen LogP contribution in [0.15, 0.2) is 217 Å². The van der Waals surface area contributed by atoms with E-state index in [1.54, 1.807) is 31.2 Å². The summed E-state index contributed by atoms with van der Waals surface area (Å²) in [6, 6.07) is 59.3. The van der Waals surface area contributed by atoms with E-state index in [0.29, 0.717) is 22.4 Å². The second-order valence-electron chi connectivity index (χ2n) is 12.9. The van der Waals surface area contributed by atoms with Crippen LogP contribution in [0.2, 0.25) is 0 Å². The minimum atomic E-state index is -0.556. The molecule has 0 bridgehead atoms. The fourth-order valence-corrected chi connectivity index (χ4v) is 10.3. The Balaban J connectivity index is 0.000000210. The Morgan fingerprint density at radius 1 is 0.508 bits per heavy atom. The third kappa shape index (κ3) is 12.8. The Morgan fingerprint density at radius 3 is 1.33 bits per heavy atom. The minimum absolute atomic E-state index is 0.0705. The van der Waals surface area contributed by atoms with Gasteiger partial charge in [0.05, 0.1) is 27.4 Å². The van der Waals surface area contributed by atoms with Crippen molar-refractivity contribution in [3.05, 3.63) is 199 Å². The monoisotopic (exact) mass is 1040 g/mol. The van der Waals surface area contributed by atoms with Gasteiger partial charge in [-0.05, 0) is 116 Å². The Bertz CT molecular complexity index is 2420. The van der Waals surface area contributed by atoms with Gasteiger partial charge >= 0.3 is 17.9 Å². The van der Waals surface area contributed by atoms with Crippen molar-refractivity contribution in [2.24, 2.45) is 0 Å². The van der Waals surface area contributed by atoms with E-state index in [1.165, 1.54) is 21.9 Å². The molecule has 0 spiro atoms. The van der Waals surface area contributed by atoms with Gasteiger partial charge in [0.25, 0.3) is 0 Å². The highest BCUT2D eigenvalue weighted by Gasteiger charge is 2.31. The van der Waals surface area contributed by atoms with E-state index in [1.807, 2.05) is 127 Å². The summed E-state index contributed by atoms with van der Waals surface area (Å²) in [4.78, 5) is 41.8. The number of rotatable bonds is 13. The van der Waals surface area contributed by atoms with Crippen LogP contribution in [-0.4, -0.2) is 32.9 Å². The summed E-state index contributed by atoms with van der Waals surface area (Å²) >= 11 is 9.53. The van der Waals surface area contributed by atoms with Gasteiger partial charge in [-0.3, -0.25) is 9.59 Å². The third-order valence-electron chi connectivity index (χ3n) is 8.56. The van der Waals surface area contributed by atoms with Gasteiger partial charge in [-0.25, -0.2) is 9.18 Å². The molecule has 0 amide bonds. The lowest BCUT2D eigenvalue weighted by molar-refractivity contribution is -0.134. The topological polar surface area (TPSA) is 78.9 Å². The number of ether oxygens (including phenoxy) is 3. The Labute approximate surface area is 385 Å². The van der Waals surface area contributed by atoms with E-state index in [2.05, 4.69) is 72.1 Å². The molecule has 308 valence electrons. The maximum absolute atomic E-state index is 14.7. The summed E-state index contributed by atoms with van der Waals surface area (Å²) < 4.78 is 30.6. The lowest BCUT2D eigenvalue weighted by atomic mass is 10.2. The lowest BCUT2D eigenvalue weighted by Gasteiger charge is -2.11. The van der Waals surface area contributed by atoms with Crippen LogP contribution in [-0.2, 0) is 31.4 Å². The molecule has 0 saturated heterocycles. The average Bonchev–Trinajstić information content (AvgIpc) is 3.29. The number of alkyl halides is 3. The number of hydrogen-bond donors (Lipinski definition) is 0. The zero-order valence-corrected chi connectivity index (χ0v) is 38.9. The maximum Gasteiger partial charge on any atom is 0.343 e. The van der Waals surface area contributed by atoms with E-state index in [9.17, 15) is 18.8 Å². The molecule has 6 nitrogen and oxygen atoms in total. The van der Waals surface area contributed by atoms with Gasteiger partial charge in [-0.1, -0.05) is 121 Å². The van der Waals surface area contributed by atoms with E-state index >= 15 is 0 Å². The predicted octanol–water partition coefficient (Wildman–Crippen LogP) is 12.7. The molecule has 0 heterocycles. The van der Waals surface area contributed by atoms with Gasteiger partial charge in [-0.15, -0.1) is 0 Å². The van der Waals surface area contributed by atoms with Gasteiger partial charge in [-0.2, -0.15) is 0 Å². The first kappa shape index (κ1) is 45.5. The molecule has 0 N–H and O–H groups in total. The fourth-order valence-electron chi connectivity index (χ4n) is 5.64. The van der Waals surface area contributed by atoms with Gasteiger partial charge in [0, 0.05) is 11.4 Å². The van der Waals surface area contributed by atoms with E-state index in [4.69, 9.17) is 14.2 Å². The number of halogens is 4. The van der Waals surface area contributed by atoms with Gasteiger partial charge in [0.2, 0.25) is 0 Å². The summed E-state index contributed by atoms with van der Waals surface area (Å²) in [6.07, 6.45) is 0. The highest BCUT2D eigenvalue weighted by atomic mass is 79.9. The number of carbonyl (C=O) groups excluding carboxylic acids is 3. The van der Waals surface area contributed by atoms with Crippen LogP contribution in [0.4, 0.5) is 4.39 Å². The molecule has 7 aromatic carbocycles. The van der Waals surface area contributed by atoms with E-state index in [-0.39, 0.29) is 16.6 Å². The second kappa shape index (κ2) is 22.7. The smallest absolute Gasteiger partial charge is 0.343 e. The molecule has 61 heavy (non-hydrogen) atoms. The molecule has 7 rings (SSSR count). The van der Waals surface area contributed by atoms with Crippen LogP contribution in [0.3, 0.4) is 0 Å². The number of hydrogen-bond acceptors (Lipinski definition) is 6. The maximum atomic E-state index is 14.7. The summed E-state index contributed by atoms with van der Waals surface area (Å²) in [6.45, 7) is 1.68. The molecule has 0 aromatic heterocycles. The van der Waals surface area contributed by atoms with Crippen LogP contribution in [0.25, 0.3) is 0 Å². The Hall–Kier alpha value is -4.98. The van der Waals surface area contributed by atoms with E-state index < -0.39 is 44.3 Å². The number of benzene rings is 7. The molecule has 0 aliphatic rings. The van der Waals surface area contributed by atoms with E-state index in [0.717, 1.165) is 19.6 Å². The molecule has 2 unspecified atom stereocenters. The van der Waals surface area contributed by atoms with Crippen LogP contribution in [0.1, 0.15) is 17.3 Å². The molecule has 2 atom stereocenters. The minimum Gasteiger partial charge on any atom is -0.426 e. The lowest BCUT2D eigenvalue weighted by Crippen LogP contribution is -2.22. The highest BCUT2D eigenvalue weighted by Crippen LogP contribution is 2.34. The summed E-state index contributed by atoms with van der Waals surface area (Å²) in [5.74, 6) is -1.22.